The summed E-state index contributed by atoms with van der Waals surface area (Å²) in [6.45, 7) is 11.3. The molecule has 3 saturated carbocycles. The van der Waals surface area contributed by atoms with E-state index >= 15 is 0 Å². The molecule has 7 atom stereocenters. The first-order valence-corrected chi connectivity index (χ1v) is 13.8. The molecule has 4 rings (SSSR count). The van der Waals surface area contributed by atoms with Crippen LogP contribution >= 0.6 is 0 Å². The maximum atomic E-state index is 13.4. The quantitative estimate of drug-likeness (QED) is 0.308. The van der Waals surface area contributed by atoms with Gasteiger partial charge in [0.05, 0.1) is 0 Å². The lowest BCUT2D eigenvalue weighted by molar-refractivity contribution is -0.148. The Kier molecular flexibility index (Phi) is 7.38. The van der Waals surface area contributed by atoms with E-state index in [1.807, 2.05) is 13.8 Å². The Balaban J connectivity index is 1.54. The predicted molar refractivity (Wildman–Crippen MR) is 138 cm³/mol. The summed E-state index contributed by atoms with van der Waals surface area (Å²) in [5, 5.41) is 2.83. The Morgan fingerprint density at radius 1 is 1.06 bits per heavy atom. The smallest absolute Gasteiger partial charge is 0.302 e. The molecule has 198 valence electrons. The van der Waals surface area contributed by atoms with Crippen molar-refractivity contribution in [1.29, 1.82) is 0 Å². The average molecular weight is 498 g/mol. The van der Waals surface area contributed by atoms with Crippen LogP contribution < -0.4 is 5.32 Å². The molecule has 0 aromatic carbocycles. The first-order valence-electron chi connectivity index (χ1n) is 13.8. The van der Waals surface area contributed by atoms with Crippen LogP contribution in [0, 0.1) is 28.6 Å². The lowest BCUT2D eigenvalue weighted by atomic mass is 9.47. The normalized spacial score (nSPS) is 37.6. The van der Waals surface area contributed by atoms with Crippen molar-refractivity contribution in [1.82, 2.24) is 5.32 Å². The molecule has 1 amide bonds. The third-order valence-electron chi connectivity index (χ3n) is 10.1. The fourth-order valence-electron chi connectivity index (χ4n) is 8.32. The molecule has 3 fully saturated rings. The van der Waals surface area contributed by atoms with Crippen LogP contribution in [0.25, 0.3) is 0 Å². The highest BCUT2D eigenvalue weighted by Crippen LogP contribution is 2.65. The van der Waals surface area contributed by atoms with E-state index in [-0.39, 0.29) is 52.3 Å². The third-order valence-corrected chi connectivity index (χ3v) is 10.1. The van der Waals surface area contributed by atoms with E-state index < -0.39 is 0 Å². The van der Waals surface area contributed by atoms with Crippen molar-refractivity contribution in [2.24, 2.45) is 28.6 Å². The van der Waals surface area contributed by atoms with Crippen molar-refractivity contribution in [3.63, 3.8) is 0 Å². The Morgan fingerprint density at radius 2 is 1.75 bits per heavy atom. The minimum atomic E-state index is -0.252. The third kappa shape index (κ3) is 4.72. The fourth-order valence-corrected chi connectivity index (χ4v) is 8.32. The topological polar surface area (TPSA) is 89.5 Å². The summed E-state index contributed by atoms with van der Waals surface area (Å²) in [5.74, 6) is 1.11. The molecule has 6 nitrogen and oxygen atoms in total. The molecule has 4 aliphatic carbocycles. The minimum Gasteiger partial charge on any atom is -0.462 e. The molecule has 0 aromatic rings. The van der Waals surface area contributed by atoms with Crippen molar-refractivity contribution >= 4 is 23.4 Å². The van der Waals surface area contributed by atoms with Gasteiger partial charge in [-0.25, -0.2) is 0 Å². The summed E-state index contributed by atoms with van der Waals surface area (Å²) in [7, 11) is 0. The molecule has 0 aliphatic heterocycles. The van der Waals surface area contributed by atoms with E-state index in [4.69, 9.17) is 4.74 Å². The number of Topliss-reactive ketones (excluding diaryl/α,β-unsaturated/α-hetero) is 2. The molecule has 36 heavy (non-hydrogen) atoms. The molecule has 4 aliphatic rings. The van der Waals surface area contributed by atoms with Gasteiger partial charge >= 0.3 is 5.97 Å². The summed E-state index contributed by atoms with van der Waals surface area (Å²) < 4.78 is 5.55. The number of fused-ring (bicyclic) bond motifs is 5. The molecular weight excluding hydrogens is 454 g/mol. The molecule has 0 aromatic heterocycles. The number of allylic oxidation sites excluding steroid dienone is 3. The summed E-state index contributed by atoms with van der Waals surface area (Å²) in [6.07, 6.45) is 9.51. The summed E-state index contributed by atoms with van der Waals surface area (Å²) in [4.78, 5) is 49.4. The van der Waals surface area contributed by atoms with E-state index in [9.17, 15) is 19.2 Å². The van der Waals surface area contributed by atoms with Crippen molar-refractivity contribution in [3.05, 3.63) is 22.8 Å². The van der Waals surface area contributed by atoms with Gasteiger partial charge in [0.15, 0.2) is 11.6 Å². The van der Waals surface area contributed by atoms with Crippen LogP contribution in [-0.4, -0.2) is 35.6 Å². The predicted octanol–water partition coefficient (Wildman–Crippen LogP) is 5.25. The number of nitrogens with one attached hydrogen (secondary N) is 1. The number of rotatable bonds is 6. The monoisotopic (exact) mass is 497 g/mol. The summed E-state index contributed by atoms with van der Waals surface area (Å²) >= 11 is 0. The van der Waals surface area contributed by atoms with Gasteiger partial charge in [-0.1, -0.05) is 25.5 Å². The van der Waals surface area contributed by atoms with Crippen LogP contribution in [0.15, 0.2) is 22.8 Å². The molecule has 0 radical (unpaired) electrons. The zero-order valence-electron chi connectivity index (χ0n) is 22.9. The Labute approximate surface area is 215 Å². The van der Waals surface area contributed by atoms with Gasteiger partial charge < -0.3 is 10.1 Å². The second kappa shape index (κ2) is 9.90. The Morgan fingerprint density at radius 3 is 2.42 bits per heavy atom. The minimum absolute atomic E-state index is 0.0168. The van der Waals surface area contributed by atoms with Gasteiger partial charge in [0.1, 0.15) is 6.10 Å². The highest BCUT2D eigenvalue weighted by Gasteiger charge is 2.60. The number of hydrogen-bond donors (Lipinski definition) is 1. The highest BCUT2D eigenvalue weighted by atomic mass is 16.5. The first-order chi connectivity index (χ1) is 16.9. The standard InChI is InChI=1S/C30H43NO5/c1-17(31-19(3)32)7-10-26(34)18(2)28-27(35)16-25-23-9-8-21-15-22(36-20(4)33)11-13-29(21,5)24(23)12-14-30(25,28)6/h8,17,22-25H,7,9-16H2,1-6H3,(H,31,32)/b28-18+/t17-,22-,23-,24-,25-,29+,30+/m1/s1. The van der Waals surface area contributed by atoms with Crippen LogP contribution in [0.2, 0.25) is 0 Å². The van der Waals surface area contributed by atoms with E-state index in [0.29, 0.717) is 36.7 Å². The number of carbonyl (C=O) groups is 4. The van der Waals surface area contributed by atoms with Gasteiger partial charge in [-0.2, -0.15) is 0 Å². The largest absolute Gasteiger partial charge is 0.462 e. The maximum absolute atomic E-state index is 13.4. The molecule has 0 heterocycles. The van der Waals surface area contributed by atoms with E-state index in [0.717, 1.165) is 44.1 Å². The molecule has 6 heteroatoms. The highest BCUT2D eigenvalue weighted by molar-refractivity contribution is 6.08. The van der Waals surface area contributed by atoms with Crippen LogP contribution in [-0.2, 0) is 23.9 Å². The van der Waals surface area contributed by atoms with Crippen LogP contribution in [0.4, 0.5) is 0 Å². The van der Waals surface area contributed by atoms with Crippen molar-refractivity contribution in [3.8, 4) is 0 Å². The molecular formula is C30H43NO5. The van der Waals surface area contributed by atoms with Crippen LogP contribution in [0.3, 0.4) is 0 Å². The van der Waals surface area contributed by atoms with Crippen LogP contribution in [0.5, 0.6) is 0 Å². The zero-order valence-corrected chi connectivity index (χ0v) is 22.9. The number of hydrogen-bond acceptors (Lipinski definition) is 5. The van der Waals surface area contributed by atoms with E-state index in [1.54, 1.807) is 0 Å². The molecule has 0 spiro atoms. The lowest BCUT2D eigenvalue weighted by Gasteiger charge is -2.57. The Bertz CT molecular complexity index is 1020. The lowest BCUT2D eigenvalue weighted by Crippen LogP contribution is -2.49. The fraction of sp³-hybridized carbons (Fsp3) is 0.733. The van der Waals surface area contributed by atoms with Crippen LogP contribution in [0.1, 0.15) is 99.3 Å². The van der Waals surface area contributed by atoms with Gasteiger partial charge in [0, 0.05) is 44.7 Å². The van der Waals surface area contributed by atoms with Gasteiger partial charge in [-0.3, -0.25) is 19.2 Å². The second-order valence-electron chi connectivity index (χ2n) is 12.4. The maximum Gasteiger partial charge on any atom is 0.302 e. The molecule has 0 unspecified atom stereocenters. The number of ether oxygens (including phenoxy) is 1. The average Bonchev–Trinajstić information content (AvgIpc) is 3.06. The van der Waals surface area contributed by atoms with E-state index in [2.05, 4.69) is 25.2 Å². The second-order valence-corrected chi connectivity index (χ2v) is 12.4. The molecule has 1 N–H and O–H groups in total. The number of esters is 1. The Hall–Kier alpha value is -2.24. The first kappa shape index (κ1) is 26.8. The summed E-state index contributed by atoms with van der Waals surface area (Å²) in [6, 6.07) is -0.0674. The number of carbonyl (C=O) groups excluding carboxylic acids is 4. The van der Waals surface area contributed by atoms with E-state index in [1.165, 1.54) is 19.4 Å². The molecule has 0 bridgehead atoms. The van der Waals surface area contributed by atoms with Gasteiger partial charge in [0.2, 0.25) is 5.91 Å². The number of amides is 1. The van der Waals surface area contributed by atoms with Crippen molar-refractivity contribution in [2.75, 3.05) is 0 Å². The van der Waals surface area contributed by atoms with Crippen molar-refractivity contribution in [2.45, 2.75) is 111 Å². The number of ketones is 2. The molecule has 0 saturated heterocycles. The van der Waals surface area contributed by atoms with Gasteiger partial charge in [0.25, 0.3) is 0 Å². The van der Waals surface area contributed by atoms with Gasteiger partial charge in [-0.15, -0.1) is 0 Å². The SMILES string of the molecule is CC(=O)N[C@H](C)CCC(=O)/C(C)=C1\C(=O)C[C@@H]2[C@@H]3CC=C4C[C@H](OC(C)=O)CC[C@]4(C)[C@@H]3CC[C@]12C. The van der Waals surface area contributed by atoms with Crippen molar-refractivity contribution < 1.29 is 23.9 Å². The summed E-state index contributed by atoms with van der Waals surface area (Å²) in [5.41, 5.74) is 2.70. The zero-order chi connectivity index (χ0) is 26.4. The van der Waals surface area contributed by atoms with Gasteiger partial charge in [-0.05, 0) is 86.5 Å².